The van der Waals surface area contributed by atoms with Crippen LogP contribution in [-0.2, 0) is 4.79 Å². The fraction of sp³-hybridized carbons (Fsp3) is 0. The molecule has 0 fully saturated rings. The van der Waals surface area contributed by atoms with Gasteiger partial charge < -0.3 is 0 Å². The van der Waals surface area contributed by atoms with E-state index in [-0.39, 0.29) is 0 Å². The topological polar surface area (TPSA) is 29.4 Å². The minimum absolute atomic E-state index is 0.547. The van der Waals surface area contributed by atoms with Crippen LogP contribution >= 0.6 is 0 Å². The predicted molar refractivity (Wildman–Crippen MR) is 66.6 cm³/mol. The second-order valence-corrected chi connectivity index (χ2v) is 3.34. The fourth-order valence-electron chi connectivity index (χ4n) is 1.39. The zero-order valence-corrected chi connectivity index (χ0v) is 9.05. The molecule has 2 rings (SSSR count). The van der Waals surface area contributed by atoms with Crippen molar-refractivity contribution in [1.29, 1.82) is 0 Å². The quantitative estimate of drug-likeness (QED) is 0.412. The highest BCUT2D eigenvalue weighted by Gasteiger charge is 1.95. The van der Waals surface area contributed by atoms with Gasteiger partial charge in [-0.15, -0.1) is 0 Å². The minimum Gasteiger partial charge on any atom is -0.211 e. The first kappa shape index (κ1) is 10.9. The van der Waals surface area contributed by atoms with E-state index in [1.54, 1.807) is 6.07 Å². The molecule has 2 aromatic carbocycles. The molecule has 17 heavy (non-hydrogen) atoms. The van der Waals surface area contributed by atoms with E-state index >= 15 is 0 Å². The van der Waals surface area contributed by atoms with Gasteiger partial charge in [0.25, 0.3) is 0 Å². The molecule has 80 valence electrons. The second kappa shape index (κ2) is 5.46. The summed E-state index contributed by atoms with van der Waals surface area (Å²) in [5.74, 6) is 6.01. The van der Waals surface area contributed by atoms with Crippen LogP contribution in [0.3, 0.4) is 0 Å². The molecule has 2 aromatic rings. The van der Waals surface area contributed by atoms with E-state index in [4.69, 9.17) is 0 Å². The summed E-state index contributed by atoms with van der Waals surface area (Å²) >= 11 is 0. The summed E-state index contributed by atoms with van der Waals surface area (Å²) < 4.78 is 0. The zero-order valence-electron chi connectivity index (χ0n) is 9.05. The van der Waals surface area contributed by atoms with Crippen molar-refractivity contribution in [3.63, 3.8) is 0 Å². The van der Waals surface area contributed by atoms with Gasteiger partial charge in [-0.25, -0.2) is 4.79 Å². The number of aliphatic imine (C=N–C) groups is 1. The van der Waals surface area contributed by atoms with Crippen LogP contribution in [0.25, 0.3) is 0 Å². The van der Waals surface area contributed by atoms with Crippen molar-refractivity contribution < 1.29 is 4.79 Å². The molecule has 0 unspecified atom stereocenters. The Bertz CT molecular complexity index is 614. The van der Waals surface area contributed by atoms with Crippen molar-refractivity contribution in [3.8, 4) is 11.8 Å². The Morgan fingerprint density at radius 3 is 2.29 bits per heavy atom. The first-order valence-corrected chi connectivity index (χ1v) is 5.14. The number of isocyanates is 1. The van der Waals surface area contributed by atoms with E-state index in [1.165, 1.54) is 6.08 Å². The molecule has 0 spiro atoms. The maximum absolute atomic E-state index is 10.3. The standard InChI is InChI=1S/C15H9NO/c17-12-16-15-9-5-4-8-14(15)11-10-13-6-2-1-3-7-13/h1-9H. The minimum atomic E-state index is 0.547. The van der Waals surface area contributed by atoms with Crippen LogP contribution in [-0.4, -0.2) is 6.08 Å². The highest BCUT2D eigenvalue weighted by Crippen LogP contribution is 2.16. The average molecular weight is 219 g/mol. The molecule has 0 N–H and O–H groups in total. The summed E-state index contributed by atoms with van der Waals surface area (Å²) in [5.41, 5.74) is 2.20. The smallest absolute Gasteiger partial charge is 0.211 e. The third-order valence-electron chi connectivity index (χ3n) is 2.19. The number of hydrogen-bond acceptors (Lipinski definition) is 2. The van der Waals surface area contributed by atoms with E-state index in [9.17, 15) is 4.79 Å². The van der Waals surface area contributed by atoms with Gasteiger partial charge in [-0.2, -0.15) is 4.99 Å². The fourth-order valence-corrected chi connectivity index (χ4v) is 1.39. The highest BCUT2D eigenvalue weighted by molar-refractivity contribution is 5.60. The normalized spacial score (nSPS) is 8.71. The highest BCUT2D eigenvalue weighted by atomic mass is 16.1. The van der Waals surface area contributed by atoms with Gasteiger partial charge in [0.2, 0.25) is 6.08 Å². The second-order valence-electron chi connectivity index (χ2n) is 3.34. The van der Waals surface area contributed by atoms with Crippen LogP contribution < -0.4 is 0 Å². The Morgan fingerprint density at radius 1 is 0.824 bits per heavy atom. The third-order valence-corrected chi connectivity index (χ3v) is 2.19. The number of nitrogens with zero attached hydrogens (tertiary/aromatic N) is 1. The van der Waals surface area contributed by atoms with Crippen molar-refractivity contribution in [1.82, 2.24) is 0 Å². The van der Waals surface area contributed by atoms with Crippen LogP contribution in [0.2, 0.25) is 0 Å². The van der Waals surface area contributed by atoms with Crippen LogP contribution in [0.15, 0.2) is 59.6 Å². The monoisotopic (exact) mass is 219 g/mol. The molecule has 0 amide bonds. The molecule has 0 saturated carbocycles. The molecule has 0 aromatic heterocycles. The molecule has 0 aliphatic rings. The van der Waals surface area contributed by atoms with Gasteiger partial charge in [0, 0.05) is 5.56 Å². The Morgan fingerprint density at radius 2 is 1.53 bits per heavy atom. The number of rotatable bonds is 1. The van der Waals surface area contributed by atoms with Crippen molar-refractivity contribution in [3.05, 3.63) is 65.7 Å². The SMILES string of the molecule is O=C=Nc1ccccc1C#Cc1ccccc1. The lowest BCUT2D eigenvalue weighted by Gasteiger charge is -1.94. The van der Waals surface area contributed by atoms with E-state index in [2.05, 4.69) is 16.8 Å². The first-order valence-electron chi connectivity index (χ1n) is 5.14. The van der Waals surface area contributed by atoms with Gasteiger partial charge in [0.15, 0.2) is 0 Å². The molecule has 0 bridgehead atoms. The van der Waals surface area contributed by atoms with Crippen LogP contribution in [0.5, 0.6) is 0 Å². The largest absolute Gasteiger partial charge is 0.240 e. The molecule has 2 heteroatoms. The molecule has 2 nitrogen and oxygen atoms in total. The van der Waals surface area contributed by atoms with E-state index in [0.717, 1.165) is 11.1 Å². The van der Waals surface area contributed by atoms with Gasteiger partial charge in [-0.3, -0.25) is 0 Å². The van der Waals surface area contributed by atoms with Crippen molar-refractivity contribution >= 4 is 11.8 Å². The maximum atomic E-state index is 10.3. The number of hydrogen-bond donors (Lipinski definition) is 0. The van der Waals surface area contributed by atoms with E-state index < -0.39 is 0 Å². The lowest BCUT2D eigenvalue weighted by Crippen LogP contribution is -1.76. The summed E-state index contributed by atoms with van der Waals surface area (Å²) in [7, 11) is 0. The number of carbonyl (C=O) groups excluding carboxylic acids is 1. The predicted octanol–water partition coefficient (Wildman–Crippen LogP) is 3.05. The first-order chi connectivity index (χ1) is 8.40. The van der Waals surface area contributed by atoms with Crippen molar-refractivity contribution in [2.45, 2.75) is 0 Å². The number of benzene rings is 2. The lowest BCUT2D eigenvalue weighted by molar-refractivity contribution is 0.565. The molecular weight excluding hydrogens is 210 g/mol. The summed E-state index contributed by atoms with van der Waals surface area (Å²) in [5, 5.41) is 0. The maximum Gasteiger partial charge on any atom is 0.240 e. The van der Waals surface area contributed by atoms with E-state index in [1.807, 2.05) is 48.5 Å². The van der Waals surface area contributed by atoms with Crippen LogP contribution in [0.4, 0.5) is 5.69 Å². The van der Waals surface area contributed by atoms with Crippen LogP contribution in [0, 0.1) is 11.8 Å². The molecule has 0 aliphatic carbocycles. The van der Waals surface area contributed by atoms with E-state index in [0.29, 0.717) is 5.69 Å². The van der Waals surface area contributed by atoms with Gasteiger partial charge in [0.1, 0.15) is 0 Å². The molecule has 0 atom stereocenters. The molecule has 0 radical (unpaired) electrons. The third kappa shape index (κ3) is 2.92. The summed E-state index contributed by atoms with van der Waals surface area (Å²) in [4.78, 5) is 13.9. The number of para-hydroxylation sites is 1. The summed E-state index contributed by atoms with van der Waals surface area (Å²) in [6.45, 7) is 0. The Hall–Kier alpha value is -2.62. The van der Waals surface area contributed by atoms with Crippen molar-refractivity contribution in [2.24, 2.45) is 4.99 Å². The average Bonchev–Trinajstić information content (AvgIpc) is 2.39. The van der Waals surface area contributed by atoms with Gasteiger partial charge in [-0.05, 0) is 24.3 Å². The Kier molecular flexibility index (Phi) is 3.50. The molecular formula is C15H9NO. The molecule has 0 saturated heterocycles. The molecule has 0 heterocycles. The van der Waals surface area contributed by atoms with Gasteiger partial charge in [0.05, 0.1) is 11.3 Å². The molecule has 0 aliphatic heterocycles. The Labute approximate surface area is 99.6 Å². The van der Waals surface area contributed by atoms with Crippen molar-refractivity contribution in [2.75, 3.05) is 0 Å². The zero-order chi connectivity index (χ0) is 11.9. The van der Waals surface area contributed by atoms with Crippen LogP contribution in [0.1, 0.15) is 11.1 Å². The van der Waals surface area contributed by atoms with Gasteiger partial charge in [-0.1, -0.05) is 42.2 Å². The summed E-state index contributed by atoms with van der Waals surface area (Å²) in [6.07, 6.45) is 1.53. The Balaban J connectivity index is 2.37. The lowest BCUT2D eigenvalue weighted by atomic mass is 10.1. The van der Waals surface area contributed by atoms with Gasteiger partial charge >= 0.3 is 0 Å². The summed E-state index contributed by atoms with van der Waals surface area (Å²) in [6, 6.07) is 16.9.